The second-order valence-electron chi connectivity index (χ2n) is 8.47. The van der Waals surface area contributed by atoms with Gasteiger partial charge in [0.15, 0.2) is 0 Å². The molecule has 1 aromatic rings. The SMILES string of the molecule is CCN(CCN(CCN(C)C[C@H](C)OC)C[C@H](C)OI)Cc1ccccc1CP(=O)(O)O. The van der Waals surface area contributed by atoms with E-state index in [1.54, 1.807) is 7.11 Å². The Labute approximate surface area is 208 Å². The van der Waals surface area contributed by atoms with Crippen LogP contribution in [0.2, 0.25) is 0 Å². The third-order valence-electron chi connectivity index (χ3n) is 5.50. The Morgan fingerprint density at radius 1 is 1.00 bits per heavy atom. The quantitative estimate of drug-likeness (QED) is 0.213. The molecule has 186 valence electrons. The van der Waals surface area contributed by atoms with Crippen molar-refractivity contribution in [2.75, 3.05) is 60.0 Å². The minimum atomic E-state index is -4.10. The van der Waals surface area contributed by atoms with Crippen molar-refractivity contribution < 1.29 is 22.2 Å². The van der Waals surface area contributed by atoms with Crippen LogP contribution in [0.5, 0.6) is 0 Å². The minimum absolute atomic E-state index is 0.137. The molecule has 0 aromatic heterocycles. The topological polar surface area (TPSA) is 85.7 Å². The summed E-state index contributed by atoms with van der Waals surface area (Å²) in [6, 6.07) is 7.53. The van der Waals surface area contributed by atoms with E-state index in [4.69, 9.17) is 7.80 Å². The van der Waals surface area contributed by atoms with Gasteiger partial charge < -0.3 is 22.5 Å². The van der Waals surface area contributed by atoms with Gasteiger partial charge in [0.05, 0.1) is 18.4 Å². The summed E-state index contributed by atoms with van der Waals surface area (Å²) in [5, 5.41) is 0. The lowest BCUT2D eigenvalue weighted by molar-refractivity contribution is 0.0786. The van der Waals surface area contributed by atoms with E-state index in [9.17, 15) is 14.4 Å². The lowest BCUT2D eigenvalue weighted by atomic mass is 10.1. The predicted octanol–water partition coefficient (Wildman–Crippen LogP) is 3.21. The fourth-order valence-electron chi connectivity index (χ4n) is 3.56. The first-order valence-electron chi connectivity index (χ1n) is 11.1. The first kappa shape index (κ1) is 29.9. The van der Waals surface area contributed by atoms with Gasteiger partial charge >= 0.3 is 7.60 Å². The molecule has 0 fully saturated rings. The molecule has 0 unspecified atom stereocenters. The Morgan fingerprint density at radius 3 is 2.16 bits per heavy atom. The molecule has 32 heavy (non-hydrogen) atoms. The number of hydrogen-bond acceptors (Lipinski definition) is 6. The number of methoxy groups -OCH3 is 1. The van der Waals surface area contributed by atoms with Crippen molar-refractivity contribution in [1.82, 2.24) is 14.7 Å². The van der Waals surface area contributed by atoms with Crippen LogP contribution in [0.4, 0.5) is 0 Å². The number of ether oxygens (including phenoxy) is 1. The van der Waals surface area contributed by atoms with Gasteiger partial charge in [0.2, 0.25) is 0 Å². The third kappa shape index (κ3) is 13.0. The molecule has 0 aliphatic heterocycles. The summed E-state index contributed by atoms with van der Waals surface area (Å²) in [6.07, 6.45) is 0.121. The van der Waals surface area contributed by atoms with Gasteiger partial charge in [-0.25, -0.2) is 0 Å². The van der Waals surface area contributed by atoms with Crippen LogP contribution < -0.4 is 0 Å². The molecule has 2 N–H and O–H groups in total. The summed E-state index contributed by atoms with van der Waals surface area (Å²) in [6.45, 7) is 13.2. The van der Waals surface area contributed by atoms with Gasteiger partial charge in [-0.1, -0.05) is 31.2 Å². The molecule has 2 atom stereocenters. The van der Waals surface area contributed by atoms with Gasteiger partial charge in [-0.05, 0) is 38.6 Å². The van der Waals surface area contributed by atoms with Crippen molar-refractivity contribution in [2.24, 2.45) is 0 Å². The molecule has 8 nitrogen and oxygen atoms in total. The van der Waals surface area contributed by atoms with Gasteiger partial charge in [-0.2, -0.15) is 0 Å². The van der Waals surface area contributed by atoms with E-state index in [0.717, 1.165) is 56.9 Å². The van der Waals surface area contributed by atoms with Crippen LogP contribution in [0.25, 0.3) is 0 Å². The van der Waals surface area contributed by atoms with Crippen LogP contribution in [-0.4, -0.2) is 96.7 Å². The van der Waals surface area contributed by atoms with E-state index in [0.29, 0.717) is 6.54 Å². The Morgan fingerprint density at radius 2 is 1.59 bits per heavy atom. The zero-order valence-corrected chi connectivity index (χ0v) is 23.2. The van der Waals surface area contributed by atoms with Gasteiger partial charge in [0.25, 0.3) is 0 Å². The molecule has 1 rings (SSSR count). The number of likely N-dealkylation sites (N-methyl/N-ethyl adjacent to an activating group) is 2. The average Bonchev–Trinajstić information content (AvgIpc) is 2.74. The van der Waals surface area contributed by atoms with Crippen molar-refractivity contribution >= 4 is 30.6 Å². The zero-order valence-electron chi connectivity index (χ0n) is 20.1. The molecule has 0 spiro atoms. The average molecular weight is 585 g/mol. The highest BCUT2D eigenvalue weighted by atomic mass is 127. The Hall–Kier alpha value is -0.100. The van der Waals surface area contributed by atoms with Crippen LogP contribution in [-0.2, 0) is 25.1 Å². The number of halogens is 1. The first-order valence-corrected chi connectivity index (χ1v) is 13.8. The van der Waals surface area contributed by atoms with Crippen molar-refractivity contribution in [2.45, 2.75) is 45.7 Å². The van der Waals surface area contributed by atoms with Gasteiger partial charge in [0.1, 0.15) is 23.0 Å². The molecule has 0 saturated carbocycles. The van der Waals surface area contributed by atoms with E-state index in [1.165, 1.54) is 0 Å². The molecular weight excluding hydrogens is 544 g/mol. The molecule has 0 saturated heterocycles. The molecule has 0 heterocycles. The molecule has 10 heteroatoms. The highest BCUT2D eigenvalue weighted by molar-refractivity contribution is 14.1. The van der Waals surface area contributed by atoms with Gasteiger partial charge in [0, 0.05) is 52.9 Å². The van der Waals surface area contributed by atoms with Crippen LogP contribution in [0.3, 0.4) is 0 Å². The van der Waals surface area contributed by atoms with Crippen LogP contribution in [0.1, 0.15) is 31.9 Å². The predicted molar refractivity (Wildman–Crippen MR) is 138 cm³/mol. The molecule has 0 aliphatic rings. The molecule has 1 aromatic carbocycles. The summed E-state index contributed by atoms with van der Waals surface area (Å²) in [5.74, 6) is 0. The van der Waals surface area contributed by atoms with E-state index < -0.39 is 7.60 Å². The smallest absolute Gasteiger partial charge is 0.329 e. The number of hydrogen-bond donors (Lipinski definition) is 2. The van der Waals surface area contributed by atoms with Crippen molar-refractivity contribution in [3.8, 4) is 0 Å². The van der Waals surface area contributed by atoms with Crippen LogP contribution in [0, 0.1) is 0 Å². The summed E-state index contributed by atoms with van der Waals surface area (Å²) >= 11 is 1.96. The van der Waals surface area contributed by atoms with Crippen LogP contribution in [0.15, 0.2) is 24.3 Å². The monoisotopic (exact) mass is 585 g/mol. The summed E-state index contributed by atoms with van der Waals surface area (Å²) in [4.78, 5) is 25.8. The van der Waals surface area contributed by atoms with E-state index in [-0.39, 0.29) is 18.4 Å². The maximum atomic E-state index is 11.5. The Kier molecular flexibility index (Phi) is 14.7. The van der Waals surface area contributed by atoms with E-state index in [1.807, 2.05) is 47.3 Å². The molecule has 0 aliphatic carbocycles. The normalized spacial score (nSPS) is 14.5. The third-order valence-corrected chi connectivity index (χ3v) is 7.13. The highest BCUT2D eigenvalue weighted by Crippen LogP contribution is 2.40. The van der Waals surface area contributed by atoms with Crippen molar-refractivity contribution in [3.63, 3.8) is 0 Å². The zero-order chi connectivity index (χ0) is 24.1. The summed E-state index contributed by atoms with van der Waals surface area (Å²) < 4.78 is 22.4. The van der Waals surface area contributed by atoms with Crippen molar-refractivity contribution in [3.05, 3.63) is 35.4 Å². The second kappa shape index (κ2) is 15.7. The largest absolute Gasteiger partial charge is 0.380 e. The molecular formula is C22H41IN3O5P. The van der Waals surface area contributed by atoms with E-state index in [2.05, 4.69) is 42.5 Å². The number of nitrogens with zero attached hydrogens (tertiary/aromatic N) is 3. The van der Waals surface area contributed by atoms with Gasteiger partial charge in [-0.15, -0.1) is 0 Å². The lowest BCUT2D eigenvalue weighted by Gasteiger charge is -2.30. The molecule has 0 bridgehead atoms. The fourth-order valence-corrected chi connectivity index (χ4v) is 4.48. The maximum absolute atomic E-state index is 11.5. The Balaban J connectivity index is 2.72. The lowest BCUT2D eigenvalue weighted by Crippen LogP contribution is -2.42. The highest BCUT2D eigenvalue weighted by Gasteiger charge is 2.18. The van der Waals surface area contributed by atoms with Crippen molar-refractivity contribution in [1.29, 1.82) is 0 Å². The fraction of sp³-hybridized carbons (Fsp3) is 0.727. The Bertz CT molecular complexity index is 693. The van der Waals surface area contributed by atoms with Crippen LogP contribution >= 0.6 is 30.6 Å². The molecule has 0 amide bonds. The number of rotatable bonds is 17. The minimum Gasteiger partial charge on any atom is -0.380 e. The first-order chi connectivity index (χ1) is 15.1. The standard InChI is InChI=1S/C22H41IN3O5P/c1-6-25(17-21-9-7-8-10-22(21)18-32(27,28)29)13-14-26(16-20(3)31-23)12-11-24(4)15-19(2)30-5/h7-10,19-20H,6,11-18H2,1-5H3,(H2,27,28,29)/t19-,20-/m0/s1. The van der Waals surface area contributed by atoms with Gasteiger partial charge in [-0.3, -0.25) is 14.4 Å². The summed E-state index contributed by atoms with van der Waals surface area (Å²) in [7, 11) is -0.252. The maximum Gasteiger partial charge on any atom is 0.329 e. The number of benzene rings is 1. The molecule has 0 radical (unpaired) electrons. The van der Waals surface area contributed by atoms with E-state index >= 15 is 0 Å². The second-order valence-corrected chi connectivity index (χ2v) is 10.6. The summed E-state index contributed by atoms with van der Waals surface area (Å²) in [5.41, 5.74) is 1.69.